The van der Waals surface area contributed by atoms with Crippen LogP contribution in [0.25, 0.3) is 0 Å². The Balaban J connectivity index is 1.94. The summed E-state index contributed by atoms with van der Waals surface area (Å²) in [6, 6.07) is 10.2. The standard InChI is InChI=1S/C29H40ClN3O5Si/c1-28(2,3)39(7,8)38-17-18-9-12-25(37-6)22(13-18)29(21-14-19(30)10-11-23(21)31-27(29)36)33-16-20(34)15-24(33)26(35)32(4)5/h9-14,20,24,34H,15-17H2,1-8H3,(H,31,36)/t20-,24+,29?/m1/s1. The van der Waals surface area contributed by atoms with Crippen molar-refractivity contribution in [1.29, 1.82) is 0 Å². The Labute approximate surface area is 237 Å². The number of nitrogens with zero attached hydrogens (tertiary/aromatic N) is 2. The van der Waals surface area contributed by atoms with Gasteiger partial charge < -0.3 is 24.5 Å². The van der Waals surface area contributed by atoms with Gasteiger partial charge in [0, 0.05) is 42.5 Å². The lowest BCUT2D eigenvalue weighted by Crippen LogP contribution is -2.57. The number of nitrogens with one attached hydrogen (secondary N) is 1. The van der Waals surface area contributed by atoms with Crippen molar-refractivity contribution in [2.24, 2.45) is 0 Å². The average Bonchev–Trinajstić information content (AvgIpc) is 3.38. The molecule has 0 radical (unpaired) electrons. The number of fused-ring (bicyclic) bond motifs is 1. The third-order valence-electron chi connectivity index (χ3n) is 8.44. The Bertz CT molecular complexity index is 1280. The van der Waals surface area contributed by atoms with Crippen LogP contribution in [0.4, 0.5) is 5.69 Å². The number of β-amino-alcohol motifs (C(OH)–C–C–N with tert-alkyl or cyclic N) is 1. The lowest BCUT2D eigenvalue weighted by atomic mass is 9.80. The highest BCUT2D eigenvalue weighted by Gasteiger charge is 2.59. The third kappa shape index (κ3) is 5.11. The van der Waals surface area contributed by atoms with E-state index in [1.54, 1.807) is 39.4 Å². The molecule has 4 rings (SSSR count). The van der Waals surface area contributed by atoms with Crippen molar-refractivity contribution >= 4 is 37.4 Å². The number of hydrogen-bond acceptors (Lipinski definition) is 6. The number of likely N-dealkylation sites (tertiary alicyclic amines) is 1. The molecule has 212 valence electrons. The number of ether oxygens (including phenoxy) is 1. The molecule has 1 fully saturated rings. The molecule has 2 N–H and O–H groups in total. The maximum absolute atomic E-state index is 14.2. The van der Waals surface area contributed by atoms with Gasteiger partial charge in [-0.05, 0) is 60.4 Å². The van der Waals surface area contributed by atoms with E-state index in [0.29, 0.717) is 34.2 Å². The SMILES string of the molecule is COc1ccc(CO[Si](C)(C)C(C)(C)C)cc1C1(N2C[C@H](O)C[C@H]2C(=O)N(C)C)C(=O)Nc2ccc(Cl)cc21. The molecule has 2 aliphatic heterocycles. The van der Waals surface area contributed by atoms with E-state index >= 15 is 0 Å². The molecule has 2 heterocycles. The number of aliphatic hydroxyl groups is 1. The number of rotatable bonds is 7. The summed E-state index contributed by atoms with van der Waals surface area (Å²) < 4.78 is 12.3. The van der Waals surface area contributed by atoms with Crippen LogP contribution in [0.15, 0.2) is 36.4 Å². The molecule has 10 heteroatoms. The highest BCUT2D eigenvalue weighted by atomic mass is 35.5. The molecule has 2 aromatic rings. The van der Waals surface area contributed by atoms with E-state index in [1.165, 1.54) is 4.90 Å². The summed E-state index contributed by atoms with van der Waals surface area (Å²) in [4.78, 5) is 31.0. The first-order valence-corrected chi connectivity index (χ1v) is 16.5. The van der Waals surface area contributed by atoms with Crippen molar-refractivity contribution in [2.45, 2.75) is 69.6 Å². The maximum Gasteiger partial charge on any atom is 0.254 e. The largest absolute Gasteiger partial charge is 0.496 e. The van der Waals surface area contributed by atoms with Gasteiger partial charge in [-0.15, -0.1) is 0 Å². The molecule has 0 spiro atoms. The second-order valence-electron chi connectivity index (χ2n) is 12.2. The number of halogens is 1. The summed E-state index contributed by atoms with van der Waals surface area (Å²) in [5, 5.41) is 14.3. The van der Waals surface area contributed by atoms with Gasteiger partial charge in [-0.1, -0.05) is 38.4 Å². The molecule has 1 saturated heterocycles. The zero-order chi connectivity index (χ0) is 28.9. The Kier molecular flexibility index (Phi) is 7.97. The lowest BCUT2D eigenvalue weighted by Gasteiger charge is -2.42. The Hall–Kier alpha value is -2.43. The molecule has 2 amide bonds. The highest BCUT2D eigenvalue weighted by molar-refractivity contribution is 6.74. The number of anilines is 1. The maximum atomic E-state index is 14.2. The predicted octanol–water partition coefficient (Wildman–Crippen LogP) is 4.59. The summed E-state index contributed by atoms with van der Waals surface area (Å²) in [7, 11) is 2.87. The summed E-state index contributed by atoms with van der Waals surface area (Å²) >= 11 is 6.49. The van der Waals surface area contributed by atoms with Gasteiger partial charge >= 0.3 is 0 Å². The quantitative estimate of drug-likeness (QED) is 0.471. The molecule has 1 unspecified atom stereocenters. The molecule has 2 aromatic carbocycles. The Morgan fingerprint density at radius 3 is 2.51 bits per heavy atom. The van der Waals surface area contributed by atoms with Crippen molar-refractivity contribution in [3.63, 3.8) is 0 Å². The lowest BCUT2D eigenvalue weighted by molar-refractivity contribution is -0.138. The molecule has 39 heavy (non-hydrogen) atoms. The molecule has 0 saturated carbocycles. The first kappa shape index (κ1) is 29.5. The van der Waals surface area contributed by atoms with Crippen LogP contribution in [0.1, 0.15) is 43.9 Å². The number of methoxy groups -OCH3 is 1. The van der Waals surface area contributed by atoms with Gasteiger partial charge in [-0.2, -0.15) is 0 Å². The van der Waals surface area contributed by atoms with Crippen LogP contribution in [0.2, 0.25) is 23.2 Å². The summed E-state index contributed by atoms with van der Waals surface area (Å²) in [5.74, 6) is -0.0248. The fourth-order valence-corrected chi connectivity index (χ4v) is 6.42. The number of benzene rings is 2. The fourth-order valence-electron chi connectivity index (χ4n) is 5.29. The van der Waals surface area contributed by atoms with E-state index in [-0.39, 0.29) is 29.8 Å². The zero-order valence-electron chi connectivity index (χ0n) is 24.1. The minimum absolute atomic E-state index is 0.0377. The average molecular weight is 574 g/mol. The van der Waals surface area contributed by atoms with Gasteiger partial charge in [-0.3, -0.25) is 14.5 Å². The molecular formula is C29H40ClN3O5Si. The molecule has 0 bridgehead atoms. The van der Waals surface area contributed by atoms with E-state index in [2.05, 4.69) is 39.2 Å². The minimum Gasteiger partial charge on any atom is -0.496 e. The second kappa shape index (κ2) is 10.5. The van der Waals surface area contributed by atoms with E-state index in [4.69, 9.17) is 20.8 Å². The van der Waals surface area contributed by atoms with E-state index in [1.807, 2.05) is 23.1 Å². The minimum atomic E-state index is -2.05. The van der Waals surface area contributed by atoms with Gasteiger partial charge in [0.15, 0.2) is 13.9 Å². The summed E-state index contributed by atoms with van der Waals surface area (Å²) in [6.45, 7) is 11.5. The summed E-state index contributed by atoms with van der Waals surface area (Å²) in [5.41, 5.74) is 1.21. The third-order valence-corrected chi connectivity index (χ3v) is 13.2. The second-order valence-corrected chi connectivity index (χ2v) is 17.5. The fraction of sp³-hybridized carbons (Fsp3) is 0.517. The smallest absolute Gasteiger partial charge is 0.254 e. The van der Waals surface area contributed by atoms with E-state index < -0.39 is 26.0 Å². The van der Waals surface area contributed by atoms with E-state index in [9.17, 15) is 14.7 Å². The molecule has 2 aliphatic rings. The first-order chi connectivity index (χ1) is 18.1. The monoisotopic (exact) mass is 573 g/mol. The van der Waals surface area contributed by atoms with Crippen LogP contribution in [-0.2, 0) is 26.2 Å². The van der Waals surface area contributed by atoms with Crippen LogP contribution in [0, 0.1) is 0 Å². The highest BCUT2D eigenvalue weighted by Crippen LogP contribution is 2.51. The van der Waals surface area contributed by atoms with Crippen molar-refractivity contribution in [1.82, 2.24) is 9.80 Å². The normalized spacial score (nSPS) is 23.5. The molecule has 8 nitrogen and oxygen atoms in total. The van der Waals surface area contributed by atoms with Crippen molar-refractivity contribution in [2.75, 3.05) is 33.1 Å². The molecular weight excluding hydrogens is 534 g/mol. The number of carbonyl (C=O) groups excluding carboxylic acids is 2. The van der Waals surface area contributed by atoms with Gasteiger partial charge in [0.05, 0.1) is 25.9 Å². The molecule has 3 atom stereocenters. The predicted molar refractivity (Wildman–Crippen MR) is 156 cm³/mol. The van der Waals surface area contributed by atoms with Crippen molar-refractivity contribution in [3.8, 4) is 5.75 Å². The van der Waals surface area contributed by atoms with Crippen LogP contribution in [0.3, 0.4) is 0 Å². The van der Waals surface area contributed by atoms with Crippen LogP contribution >= 0.6 is 11.6 Å². The topological polar surface area (TPSA) is 91.3 Å². The van der Waals surface area contributed by atoms with Gasteiger partial charge in [0.2, 0.25) is 5.91 Å². The van der Waals surface area contributed by atoms with E-state index in [0.717, 1.165) is 5.56 Å². The number of hydrogen-bond donors (Lipinski definition) is 2. The van der Waals surface area contributed by atoms with Crippen LogP contribution in [-0.4, -0.2) is 74.9 Å². The first-order valence-electron chi connectivity index (χ1n) is 13.2. The number of amides is 2. The Morgan fingerprint density at radius 1 is 1.21 bits per heavy atom. The molecule has 0 aliphatic carbocycles. The summed E-state index contributed by atoms with van der Waals surface area (Å²) in [6.07, 6.45) is -0.582. The van der Waals surface area contributed by atoms with Crippen molar-refractivity contribution in [3.05, 3.63) is 58.1 Å². The van der Waals surface area contributed by atoms with Crippen LogP contribution < -0.4 is 10.1 Å². The van der Waals surface area contributed by atoms with Gasteiger partial charge in [0.1, 0.15) is 5.75 Å². The zero-order valence-corrected chi connectivity index (χ0v) is 25.8. The Morgan fingerprint density at radius 2 is 1.90 bits per heavy atom. The van der Waals surface area contributed by atoms with Gasteiger partial charge in [-0.25, -0.2) is 0 Å². The number of aliphatic hydroxyl groups excluding tert-OH is 1. The molecule has 0 aromatic heterocycles. The van der Waals surface area contributed by atoms with Gasteiger partial charge in [0.25, 0.3) is 5.91 Å². The number of likely N-dealkylation sites (N-methyl/N-ethyl adjacent to an activating group) is 1. The number of carbonyl (C=O) groups is 2. The van der Waals surface area contributed by atoms with Crippen LogP contribution in [0.5, 0.6) is 5.75 Å². The van der Waals surface area contributed by atoms with Crippen molar-refractivity contribution < 1.29 is 23.9 Å².